The van der Waals surface area contributed by atoms with Crippen molar-refractivity contribution in [3.63, 3.8) is 0 Å². The summed E-state index contributed by atoms with van der Waals surface area (Å²) in [6.07, 6.45) is 3.46. The smallest absolute Gasteiger partial charge is 0.126 e. The van der Waals surface area contributed by atoms with Crippen LogP contribution in [0.1, 0.15) is 5.56 Å². The van der Waals surface area contributed by atoms with Crippen LogP contribution in [0.3, 0.4) is 0 Å². The van der Waals surface area contributed by atoms with Gasteiger partial charge in [0, 0.05) is 12.7 Å². The van der Waals surface area contributed by atoms with Gasteiger partial charge in [-0.25, -0.2) is 4.39 Å². The average Bonchev–Trinajstić information content (AvgIpc) is 2.34. The van der Waals surface area contributed by atoms with Crippen LogP contribution in [0.4, 0.5) is 21.5 Å². The maximum absolute atomic E-state index is 13.1. The predicted molar refractivity (Wildman–Crippen MR) is 68.2 cm³/mol. The van der Waals surface area contributed by atoms with Gasteiger partial charge in [-0.2, -0.15) is 0 Å². The van der Waals surface area contributed by atoms with Gasteiger partial charge in [-0.3, -0.25) is 4.98 Å². The van der Waals surface area contributed by atoms with Gasteiger partial charge in [0.1, 0.15) is 5.82 Å². The molecule has 88 valence electrons. The molecule has 4 heteroatoms. The van der Waals surface area contributed by atoms with Crippen LogP contribution >= 0.6 is 0 Å². The number of anilines is 3. The van der Waals surface area contributed by atoms with Gasteiger partial charge in [0.05, 0.1) is 23.8 Å². The largest absolute Gasteiger partial charge is 0.387 e. The van der Waals surface area contributed by atoms with Crippen LogP contribution in [-0.4, -0.2) is 12.0 Å². The van der Waals surface area contributed by atoms with E-state index in [0.29, 0.717) is 5.56 Å². The molecule has 0 saturated heterocycles. The third-order valence-corrected chi connectivity index (χ3v) is 2.47. The first-order valence-electron chi connectivity index (χ1n) is 5.35. The molecule has 0 aliphatic heterocycles. The lowest BCUT2D eigenvalue weighted by Crippen LogP contribution is -1.95. The number of aromatic nitrogens is 1. The van der Waals surface area contributed by atoms with Crippen molar-refractivity contribution < 1.29 is 4.39 Å². The number of pyridine rings is 1. The summed E-state index contributed by atoms with van der Waals surface area (Å²) in [7, 11) is 1.84. The van der Waals surface area contributed by atoms with Crippen LogP contribution in [0.2, 0.25) is 0 Å². The van der Waals surface area contributed by atoms with Crippen molar-refractivity contribution in [2.45, 2.75) is 6.92 Å². The zero-order chi connectivity index (χ0) is 12.3. The molecular formula is C13H14FN3. The molecule has 1 aromatic carbocycles. The van der Waals surface area contributed by atoms with E-state index in [-0.39, 0.29) is 5.82 Å². The first-order valence-corrected chi connectivity index (χ1v) is 5.35. The van der Waals surface area contributed by atoms with Gasteiger partial charge in [-0.1, -0.05) is 0 Å². The van der Waals surface area contributed by atoms with Gasteiger partial charge < -0.3 is 10.6 Å². The van der Waals surface area contributed by atoms with Gasteiger partial charge >= 0.3 is 0 Å². The van der Waals surface area contributed by atoms with E-state index < -0.39 is 0 Å². The number of aryl methyl sites for hydroxylation is 1. The van der Waals surface area contributed by atoms with Gasteiger partial charge in [-0.05, 0) is 36.8 Å². The van der Waals surface area contributed by atoms with E-state index in [1.807, 2.05) is 13.1 Å². The summed E-state index contributed by atoms with van der Waals surface area (Å²) in [5.74, 6) is -0.197. The SMILES string of the molecule is CNc1cncc(Nc2ccc(F)c(C)c2)c1. The van der Waals surface area contributed by atoms with E-state index in [1.165, 1.54) is 6.07 Å². The molecule has 0 spiro atoms. The summed E-state index contributed by atoms with van der Waals surface area (Å²) in [5, 5.41) is 6.19. The van der Waals surface area contributed by atoms with Gasteiger partial charge in [0.25, 0.3) is 0 Å². The summed E-state index contributed by atoms with van der Waals surface area (Å²) in [6.45, 7) is 1.74. The molecule has 1 heterocycles. The number of rotatable bonds is 3. The van der Waals surface area contributed by atoms with E-state index in [1.54, 1.807) is 31.5 Å². The Morgan fingerprint density at radius 3 is 2.53 bits per heavy atom. The number of nitrogens with one attached hydrogen (secondary N) is 2. The summed E-state index contributed by atoms with van der Waals surface area (Å²) in [5.41, 5.74) is 3.25. The van der Waals surface area contributed by atoms with E-state index in [0.717, 1.165) is 17.1 Å². The van der Waals surface area contributed by atoms with E-state index >= 15 is 0 Å². The number of halogens is 1. The molecule has 0 atom stereocenters. The first-order chi connectivity index (χ1) is 8.19. The van der Waals surface area contributed by atoms with Crippen molar-refractivity contribution in [1.29, 1.82) is 0 Å². The highest BCUT2D eigenvalue weighted by Crippen LogP contribution is 2.20. The second kappa shape index (κ2) is 4.82. The Hall–Kier alpha value is -2.10. The van der Waals surface area contributed by atoms with Crippen LogP contribution in [0.15, 0.2) is 36.7 Å². The molecule has 0 saturated carbocycles. The topological polar surface area (TPSA) is 37.0 Å². The van der Waals surface area contributed by atoms with Gasteiger partial charge in [-0.15, -0.1) is 0 Å². The molecule has 2 rings (SSSR count). The summed E-state index contributed by atoms with van der Waals surface area (Å²) in [6, 6.07) is 6.86. The highest BCUT2D eigenvalue weighted by Gasteiger charge is 2.00. The highest BCUT2D eigenvalue weighted by atomic mass is 19.1. The van der Waals surface area contributed by atoms with Crippen molar-refractivity contribution in [1.82, 2.24) is 4.98 Å². The summed E-state index contributed by atoms with van der Waals surface area (Å²) in [4.78, 5) is 4.09. The lowest BCUT2D eigenvalue weighted by atomic mass is 10.2. The fourth-order valence-electron chi connectivity index (χ4n) is 1.53. The van der Waals surface area contributed by atoms with Crippen molar-refractivity contribution >= 4 is 17.1 Å². The van der Waals surface area contributed by atoms with Crippen molar-refractivity contribution in [3.8, 4) is 0 Å². The summed E-state index contributed by atoms with van der Waals surface area (Å²) < 4.78 is 13.1. The van der Waals surface area contributed by atoms with E-state index in [2.05, 4.69) is 15.6 Å². The molecule has 0 aliphatic rings. The zero-order valence-corrected chi connectivity index (χ0v) is 9.79. The van der Waals surface area contributed by atoms with Gasteiger partial charge in [0.15, 0.2) is 0 Å². The first kappa shape index (κ1) is 11.4. The Morgan fingerprint density at radius 1 is 1.06 bits per heavy atom. The minimum absolute atomic E-state index is 0.197. The monoisotopic (exact) mass is 231 g/mol. The second-order valence-corrected chi connectivity index (χ2v) is 3.80. The molecule has 3 nitrogen and oxygen atoms in total. The third-order valence-electron chi connectivity index (χ3n) is 2.47. The Morgan fingerprint density at radius 2 is 1.82 bits per heavy atom. The van der Waals surface area contributed by atoms with Crippen LogP contribution in [-0.2, 0) is 0 Å². The van der Waals surface area contributed by atoms with Crippen LogP contribution < -0.4 is 10.6 Å². The Balaban J connectivity index is 2.22. The lowest BCUT2D eigenvalue weighted by molar-refractivity contribution is 0.619. The van der Waals surface area contributed by atoms with Crippen molar-refractivity contribution in [2.24, 2.45) is 0 Å². The predicted octanol–water partition coefficient (Wildman–Crippen LogP) is 3.31. The molecule has 0 aliphatic carbocycles. The van der Waals surface area contributed by atoms with Crippen LogP contribution in [0, 0.1) is 12.7 Å². The van der Waals surface area contributed by atoms with E-state index in [9.17, 15) is 4.39 Å². The molecule has 17 heavy (non-hydrogen) atoms. The molecule has 0 radical (unpaired) electrons. The summed E-state index contributed by atoms with van der Waals surface area (Å²) >= 11 is 0. The third kappa shape index (κ3) is 2.72. The second-order valence-electron chi connectivity index (χ2n) is 3.80. The molecule has 0 bridgehead atoms. The van der Waals surface area contributed by atoms with Gasteiger partial charge in [0.2, 0.25) is 0 Å². The minimum atomic E-state index is -0.197. The normalized spacial score (nSPS) is 10.1. The highest BCUT2D eigenvalue weighted by molar-refractivity contribution is 5.63. The molecule has 0 amide bonds. The number of hydrogen-bond donors (Lipinski definition) is 2. The van der Waals surface area contributed by atoms with E-state index in [4.69, 9.17) is 0 Å². The minimum Gasteiger partial charge on any atom is -0.387 e. The molecule has 1 aromatic heterocycles. The lowest BCUT2D eigenvalue weighted by Gasteiger charge is -2.08. The maximum Gasteiger partial charge on any atom is 0.126 e. The maximum atomic E-state index is 13.1. The number of nitrogens with zero attached hydrogens (tertiary/aromatic N) is 1. The van der Waals surface area contributed by atoms with Crippen LogP contribution in [0.25, 0.3) is 0 Å². The fourth-order valence-corrected chi connectivity index (χ4v) is 1.53. The molecule has 0 unspecified atom stereocenters. The molecule has 2 N–H and O–H groups in total. The average molecular weight is 231 g/mol. The molecule has 0 fully saturated rings. The molecular weight excluding hydrogens is 217 g/mol. The fraction of sp³-hybridized carbons (Fsp3) is 0.154. The Labute approximate surface area is 99.7 Å². The molecule has 2 aromatic rings. The quantitative estimate of drug-likeness (QED) is 0.850. The van der Waals surface area contributed by atoms with Crippen molar-refractivity contribution in [2.75, 3.05) is 17.7 Å². The number of benzene rings is 1. The Bertz CT molecular complexity index is 526. The Kier molecular flexibility index (Phi) is 3.23. The van der Waals surface area contributed by atoms with Crippen LogP contribution in [0.5, 0.6) is 0 Å². The van der Waals surface area contributed by atoms with Crippen molar-refractivity contribution in [3.05, 3.63) is 48.0 Å². The number of hydrogen-bond acceptors (Lipinski definition) is 3. The standard InChI is InChI=1S/C13H14FN3/c1-9-5-10(3-4-13(9)14)17-12-6-11(15-2)7-16-8-12/h3-8,15,17H,1-2H3. The zero-order valence-electron chi connectivity index (χ0n) is 9.79.